The van der Waals surface area contributed by atoms with Gasteiger partial charge in [0.2, 0.25) is 0 Å². The number of carboxylic acid groups (broad SMARTS) is 1. The fraction of sp³-hybridized carbons (Fsp3) is 0.762. The van der Waals surface area contributed by atoms with E-state index in [2.05, 4.69) is 5.10 Å². The van der Waals surface area contributed by atoms with Crippen molar-refractivity contribution in [3.8, 4) is 0 Å². The molecule has 0 spiro atoms. The standard InChI is InChI=1S/C19H31N3O4.C2H6/c1-13(2)22-12-15(14(3)20-22)11-19(16(23)24)7-9-21(10-8-19)17(25)26-18(4,5)6;1-2/h12-13H,7-11H2,1-6H3,(H,23,24);1-2H3. The highest BCUT2D eigenvalue weighted by Crippen LogP contribution is 2.36. The van der Waals surface area contributed by atoms with E-state index in [0.717, 1.165) is 11.3 Å². The number of carbonyl (C=O) groups is 2. The summed E-state index contributed by atoms with van der Waals surface area (Å²) in [6.07, 6.45) is 2.83. The number of likely N-dealkylation sites (tertiary alicyclic amines) is 1. The smallest absolute Gasteiger partial charge is 0.410 e. The fourth-order valence-electron chi connectivity index (χ4n) is 3.23. The molecule has 1 aromatic rings. The molecule has 0 aromatic carbocycles. The Morgan fingerprint density at radius 1 is 1.25 bits per heavy atom. The first-order chi connectivity index (χ1) is 12.9. The molecule has 1 aliphatic rings. The first kappa shape index (κ1) is 24.0. The van der Waals surface area contributed by atoms with Gasteiger partial charge >= 0.3 is 12.1 Å². The fourth-order valence-corrected chi connectivity index (χ4v) is 3.23. The topological polar surface area (TPSA) is 84.7 Å². The van der Waals surface area contributed by atoms with Crippen LogP contribution in [0.25, 0.3) is 0 Å². The van der Waals surface area contributed by atoms with Gasteiger partial charge in [-0.25, -0.2) is 4.79 Å². The molecule has 1 saturated heterocycles. The van der Waals surface area contributed by atoms with Gasteiger partial charge in [0.05, 0.1) is 11.1 Å². The summed E-state index contributed by atoms with van der Waals surface area (Å²) in [7, 11) is 0. The number of ether oxygens (including phenoxy) is 1. The highest BCUT2D eigenvalue weighted by molar-refractivity contribution is 5.76. The van der Waals surface area contributed by atoms with Gasteiger partial charge in [-0.3, -0.25) is 9.48 Å². The monoisotopic (exact) mass is 395 g/mol. The summed E-state index contributed by atoms with van der Waals surface area (Å²) in [6, 6.07) is 0.234. The number of carboxylic acids is 1. The van der Waals surface area contributed by atoms with E-state index in [-0.39, 0.29) is 12.1 Å². The number of piperidine rings is 1. The van der Waals surface area contributed by atoms with Crippen LogP contribution in [0.3, 0.4) is 0 Å². The van der Waals surface area contributed by atoms with E-state index in [1.807, 2.05) is 66.3 Å². The van der Waals surface area contributed by atoms with Crippen LogP contribution in [0.15, 0.2) is 6.20 Å². The van der Waals surface area contributed by atoms with Crippen LogP contribution in [-0.4, -0.2) is 50.5 Å². The molecule has 0 unspecified atom stereocenters. The first-order valence-corrected chi connectivity index (χ1v) is 10.2. The Kier molecular flexibility index (Phi) is 8.08. The van der Waals surface area contributed by atoms with Crippen LogP contribution in [0, 0.1) is 12.3 Å². The van der Waals surface area contributed by atoms with E-state index in [9.17, 15) is 14.7 Å². The quantitative estimate of drug-likeness (QED) is 0.814. The van der Waals surface area contributed by atoms with Crippen molar-refractivity contribution in [1.82, 2.24) is 14.7 Å². The van der Waals surface area contributed by atoms with Crippen molar-refractivity contribution < 1.29 is 19.4 Å². The van der Waals surface area contributed by atoms with Gasteiger partial charge in [0.15, 0.2) is 0 Å². The molecular formula is C21H37N3O4. The summed E-state index contributed by atoms with van der Waals surface area (Å²) in [5.74, 6) is -0.807. The van der Waals surface area contributed by atoms with E-state index in [4.69, 9.17) is 4.74 Å². The van der Waals surface area contributed by atoms with Crippen LogP contribution in [-0.2, 0) is 16.0 Å². The van der Waals surface area contributed by atoms with Crippen molar-refractivity contribution in [1.29, 1.82) is 0 Å². The largest absolute Gasteiger partial charge is 0.481 e. The molecule has 0 bridgehead atoms. The van der Waals surface area contributed by atoms with Crippen molar-refractivity contribution >= 4 is 12.1 Å². The van der Waals surface area contributed by atoms with Crippen LogP contribution in [0.2, 0.25) is 0 Å². The van der Waals surface area contributed by atoms with Gasteiger partial charge in [-0.15, -0.1) is 0 Å². The number of rotatable bonds is 4. The summed E-state index contributed by atoms with van der Waals surface area (Å²) in [4.78, 5) is 25.9. The molecule has 1 fully saturated rings. The number of hydrogen-bond donors (Lipinski definition) is 1. The third-order valence-electron chi connectivity index (χ3n) is 4.90. The van der Waals surface area contributed by atoms with Crippen LogP contribution >= 0.6 is 0 Å². The second-order valence-corrected chi connectivity index (χ2v) is 8.54. The van der Waals surface area contributed by atoms with Crippen molar-refractivity contribution in [2.45, 2.75) is 86.3 Å². The lowest BCUT2D eigenvalue weighted by Crippen LogP contribution is -2.48. The predicted molar refractivity (Wildman–Crippen MR) is 110 cm³/mol. The molecule has 1 aromatic heterocycles. The minimum Gasteiger partial charge on any atom is -0.481 e. The first-order valence-electron chi connectivity index (χ1n) is 10.2. The molecule has 1 aliphatic heterocycles. The maximum Gasteiger partial charge on any atom is 0.410 e. The third kappa shape index (κ3) is 5.97. The molecule has 1 N–H and O–H groups in total. The minimum absolute atomic E-state index is 0.234. The summed E-state index contributed by atoms with van der Waals surface area (Å²) >= 11 is 0. The second kappa shape index (κ2) is 9.43. The molecule has 7 nitrogen and oxygen atoms in total. The van der Waals surface area contributed by atoms with Crippen molar-refractivity contribution in [3.05, 3.63) is 17.5 Å². The Balaban J connectivity index is 0.00000190. The number of aromatic nitrogens is 2. The average Bonchev–Trinajstić information content (AvgIpc) is 2.96. The molecule has 0 saturated carbocycles. The van der Waals surface area contributed by atoms with Gasteiger partial charge in [-0.2, -0.15) is 5.10 Å². The van der Waals surface area contributed by atoms with E-state index in [1.165, 1.54) is 0 Å². The van der Waals surface area contributed by atoms with Gasteiger partial charge in [0.1, 0.15) is 5.60 Å². The zero-order valence-electron chi connectivity index (χ0n) is 18.7. The summed E-state index contributed by atoms with van der Waals surface area (Å²) in [5.41, 5.74) is 0.412. The molecule has 28 heavy (non-hydrogen) atoms. The lowest BCUT2D eigenvalue weighted by atomic mass is 9.74. The summed E-state index contributed by atoms with van der Waals surface area (Å²) < 4.78 is 7.27. The van der Waals surface area contributed by atoms with E-state index < -0.39 is 17.0 Å². The highest BCUT2D eigenvalue weighted by atomic mass is 16.6. The van der Waals surface area contributed by atoms with Crippen molar-refractivity contribution in [2.24, 2.45) is 5.41 Å². The normalized spacial score (nSPS) is 16.4. The van der Waals surface area contributed by atoms with Gasteiger partial charge in [0, 0.05) is 25.3 Å². The van der Waals surface area contributed by atoms with Crippen molar-refractivity contribution in [2.75, 3.05) is 13.1 Å². The third-order valence-corrected chi connectivity index (χ3v) is 4.90. The number of amides is 1. The number of hydrogen-bond acceptors (Lipinski definition) is 4. The zero-order valence-corrected chi connectivity index (χ0v) is 18.7. The van der Waals surface area contributed by atoms with E-state index >= 15 is 0 Å². The Hall–Kier alpha value is -2.05. The number of aliphatic carboxylic acids is 1. The van der Waals surface area contributed by atoms with E-state index in [1.54, 1.807) is 4.90 Å². The van der Waals surface area contributed by atoms with Gasteiger partial charge in [0.25, 0.3) is 0 Å². The molecule has 7 heteroatoms. The summed E-state index contributed by atoms with van der Waals surface area (Å²) in [5, 5.41) is 14.4. The number of aryl methyl sites for hydroxylation is 1. The zero-order chi connectivity index (χ0) is 21.7. The molecule has 160 valence electrons. The Morgan fingerprint density at radius 3 is 2.18 bits per heavy atom. The minimum atomic E-state index is -0.867. The predicted octanol–water partition coefficient (Wildman–Crippen LogP) is 4.44. The lowest BCUT2D eigenvalue weighted by Gasteiger charge is -2.39. The second-order valence-electron chi connectivity index (χ2n) is 8.54. The Labute approximate surface area is 169 Å². The Morgan fingerprint density at radius 2 is 1.79 bits per heavy atom. The maximum absolute atomic E-state index is 12.2. The van der Waals surface area contributed by atoms with Crippen molar-refractivity contribution in [3.63, 3.8) is 0 Å². The highest BCUT2D eigenvalue weighted by Gasteiger charge is 2.43. The molecule has 0 aliphatic carbocycles. The SMILES string of the molecule is CC.Cc1nn(C(C)C)cc1CC1(C(=O)O)CCN(C(=O)OC(C)(C)C)CC1. The van der Waals surface area contributed by atoms with Gasteiger partial charge < -0.3 is 14.7 Å². The molecule has 0 atom stereocenters. The summed E-state index contributed by atoms with van der Waals surface area (Å²) in [6.45, 7) is 16.3. The van der Waals surface area contributed by atoms with Crippen LogP contribution < -0.4 is 0 Å². The van der Waals surface area contributed by atoms with Gasteiger partial charge in [-0.05, 0) is 66.4 Å². The molecule has 2 rings (SSSR count). The number of carbonyl (C=O) groups excluding carboxylic acids is 1. The lowest BCUT2D eigenvalue weighted by molar-refractivity contribution is -0.152. The molecular weight excluding hydrogens is 358 g/mol. The molecule has 0 radical (unpaired) electrons. The molecule has 1 amide bonds. The van der Waals surface area contributed by atoms with E-state index in [0.29, 0.717) is 32.4 Å². The van der Waals surface area contributed by atoms with Crippen LogP contribution in [0.1, 0.15) is 78.6 Å². The maximum atomic E-state index is 12.2. The van der Waals surface area contributed by atoms with Crippen LogP contribution in [0.5, 0.6) is 0 Å². The van der Waals surface area contributed by atoms with Gasteiger partial charge in [-0.1, -0.05) is 13.8 Å². The number of nitrogens with zero attached hydrogens (tertiary/aromatic N) is 3. The Bertz CT molecular complexity index is 666. The average molecular weight is 396 g/mol. The van der Waals surface area contributed by atoms with Crippen LogP contribution in [0.4, 0.5) is 4.79 Å². The molecule has 2 heterocycles.